The number of nitrogens with one attached hydrogen (secondary N) is 3. The normalized spacial score (nSPS) is 16.0. The van der Waals surface area contributed by atoms with E-state index in [4.69, 9.17) is 0 Å². The molecule has 2 aliphatic heterocycles. The van der Waals surface area contributed by atoms with Gasteiger partial charge >= 0.3 is 0 Å². The molecule has 3 N–H and O–H groups in total. The summed E-state index contributed by atoms with van der Waals surface area (Å²) in [5.41, 5.74) is 3.32. The summed E-state index contributed by atoms with van der Waals surface area (Å²) in [4.78, 5) is 49.1. The minimum absolute atomic E-state index is 0.0224. The number of amides is 3. The second-order valence-electron chi connectivity index (χ2n) is 8.62. The van der Waals surface area contributed by atoms with Gasteiger partial charge in [0.25, 0.3) is 5.91 Å². The maximum absolute atomic E-state index is 13.4. The highest BCUT2D eigenvalue weighted by Crippen LogP contribution is 2.34. The van der Waals surface area contributed by atoms with Gasteiger partial charge in [-0.15, -0.1) is 0 Å². The zero-order chi connectivity index (χ0) is 25.8. The fraction of sp³-hybridized carbons (Fsp3) is 0.231. The molecule has 0 saturated carbocycles. The van der Waals surface area contributed by atoms with E-state index < -0.39 is 6.04 Å². The van der Waals surface area contributed by atoms with E-state index in [1.165, 1.54) is 4.90 Å². The number of H-pyrrole nitrogens is 1. The first-order valence-electron chi connectivity index (χ1n) is 11.8. The van der Waals surface area contributed by atoms with Crippen LogP contribution in [0.5, 0.6) is 0 Å². The Morgan fingerprint density at radius 3 is 2.65 bits per heavy atom. The van der Waals surface area contributed by atoms with Gasteiger partial charge < -0.3 is 10.6 Å². The first-order valence-corrected chi connectivity index (χ1v) is 12.8. The van der Waals surface area contributed by atoms with Gasteiger partial charge in [-0.3, -0.25) is 24.5 Å². The Morgan fingerprint density at radius 1 is 1.08 bits per heavy atom. The molecule has 0 saturated heterocycles. The van der Waals surface area contributed by atoms with Gasteiger partial charge in [-0.2, -0.15) is 5.10 Å². The van der Waals surface area contributed by atoms with Crippen molar-refractivity contribution in [1.29, 1.82) is 0 Å². The number of carbonyl (C=O) groups is 3. The van der Waals surface area contributed by atoms with E-state index in [0.29, 0.717) is 41.0 Å². The molecule has 11 heteroatoms. The molecule has 3 heterocycles. The summed E-state index contributed by atoms with van der Waals surface area (Å²) >= 11 is 1.13. The third-order valence-corrected chi connectivity index (χ3v) is 6.75. The van der Waals surface area contributed by atoms with Crippen LogP contribution in [0, 0.1) is 6.92 Å². The molecule has 0 radical (unpaired) electrons. The minimum atomic E-state index is -0.857. The predicted octanol–water partition coefficient (Wildman–Crippen LogP) is 2.80. The second-order valence-corrected chi connectivity index (χ2v) is 9.56. The number of rotatable bonds is 8. The lowest BCUT2D eigenvalue weighted by molar-refractivity contribution is -0.128. The molecule has 37 heavy (non-hydrogen) atoms. The van der Waals surface area contributed by atoms with E-state index in [9.17, 15) is 14.4 Å². The standard InChI is InChI=1S/C26H25N7O3S/c1-16-13-21(32-31-16)30-23(35)15-37-26-29-19-10-6-5-9-18(19)24-28-20(25(36)33(24)26)14-22(34)27-12-11-17-7-3-2-4-8-17/h2-10,13,20H,11-12,14-15H2,1H3,(H,27,34)(H2,30,31,32,35)/t20-/m0/s1. The molecular formula is C26H25N7O3S. The van der Waals surface area contributed by atoms with Crippen LogP contribution in [0.4, 0.5) is 11.5 Å². The van der Waals surface area contributed by atoms with Crippen LogP contribution in [0.3, 0.4) is 0 Å². The molecule has 188 valence electrons. The molecular weight excluding hydrogens is 490 g/mol. The van der Waals surface area contributed by atoms with Crippen LogP contribution in [0.2, 0.25) is 0 Å². The summed E-state index contributed by atoms with van der Waals surface area (Å²) in [7, 11) is 0. The Bertz CT molecular complexity index is 1400. The molecule has 3 aromatic rings. The zero-order valence-corrected chi connectivity index (χ0v) is 20.9. The lowest BCUT2D eigenvalue weighted by Crippen LogP contribution is -2.42. The van der Waals surface area contributed by atoms with Crippen molar-refractivity contribution in [3.05, 3.63) is 77.5 Å². The number of benzene rings is 2. The number of aromatic nitrogens is 2. The highest BCUT2D eigenvalue weighted by Gasteiger charge is 2.42. The van der Waals surface area contributed by atoms with Gasteiger partial charge in [0, 0.05) is 23.9 Å². The number of aliphatic imine (C=N–C) groups is 2. The van der Waals surface area contributed by atoms with Crippen molar-refractivity contribution in [3.63, 3.8) is 0 Å². The van der Waals surface area contributed by atoms with Crippen LogP contribution < -0.4 is 10.6 Å². The Labute approximate surface area is 217 Å². The fourth-order valence-electron chi connectivity index (χ4n) is 4.06. The van der Waals surface area contributed by atoms with Crippen LogP contribution in [-0.4, -0.2) is 62.2 Å². The monoisotopic (exact) mass is 515 g/mol. The van der Waals surface area contributed by atoms with Crippen molar-refractivity contribution in [2.24, 2.45) is 9.98 Å². The third kappa shape index (κ3) is 5.61. The van der Waals surface area contributed by atoms with Gasteiger partial charge in [0.1, 0.15) is 11.9 Å². The largest absolute Gasteiger partial charge is 0.356 e. The average Bonchev–Trinajstić information content (AvgIpc) is 3.45. The summed E-state index contributed by atoms with van der Waals surface area (Å²) < 4.78 is 0. The Kier molecular flexibility index (Phi) is 7.13. The van der Waals surface area contributed by atoms with Crippen molar-refractivity contribution >= 4 is 52.0 Å². The number of aryl methyl sites for hydroxylation is 1. The quantitative estimate of drug-likeness (QED) is 0.425. The van der Waals surface area contributed by atoms with Crippen molar-refractivity contribution in [2.75, 3.05) is 17.6 Å². The van der Waals surface area contributed by atoms with Gasteiger partial charge in [0.15, 0.2) is 11.0 Å². The Morgan fingerprint density at radius 2 is 1.86 bits per heavy atom. The molecule has 0 aliphatic carbocycles. The lowest BCUT2D eigenvalue weighted by atomic mass is 10.1. The summed E-state index contributed by atoms with van der Waals surface area (Å²) in [6.45, 7) is 2.31. The number of amidine groups is 2. The third-order valence-electron chi connectivity index (χ3n) is 5.81. The van der Waals surface area contributed by atoms with E-state index >= 15 is 0 Å². The molecule has 5 rings (SSSR count). The molecule has 1 atom stereocenters. The first-order chi connectivity index (χ1) is 18.0. The van der Waals surface area contributed by atoms with Crippen LogP contribution in [0.15, 0.2) is 70.6 Å². The van der Waals surface area contributed by atoms with E-state index in [-0.39, 0.29) is 29.9 Å². The molecule has 1 aromatic heterocycles. The van der Waals surface area contributed by atoms with Crippen LogP contribution in [0.25, 0.3) is 0 Å². The Hall–Kier alpha value is -4.25. The first kappa shape index (κ1) is 24.4. The topological polar surface area (TPSA) is 132 Å². The average molecular weight is 516 g/mol. The number of fused-ring (bicyclic) bond motifs is 3. The number of para-hydroxylation sites is 1. The van der Waals surface area contributed by atoms with Crippen molar-refractivity contribution in [3.8, 4) is 0 Å². The number of hydrogen-bond donors (Lipinski definition) is 3. The van der Waals surface area contributed by atoms with E-state index in [1.54, 1.807) is 6.07 Å². The number of hydrogen-bond acceptors (Lipinski definition) is 7. The zero-order valence-electron chi connectivity index (χ0n) is 20.1. The SMILES string of the molecule is Cc1cc(NC(=O)CSC2=Nc3ccccc3C3=N[C@@H](CC(=O)NCCc4ccccc4)C(=O)N23)n[nH]1. The molecule has 0 unspecified atom stereocenters. The maximum atomic E-state index is 13.4. The van der Waals surface area contributed by atoms with Crippen LogP contribution in [-0.2, 0) is 20.8 Å². The fourth-order valence-corrected chi connectivity index (χ4v) is 4.86. The molecule has 0 spiro atoms. The number of carbonyl (C=O) groups excluding carboxylic acids is 3. The van der Waals surface area contributed by atoms with Crippen molar-refractivity contribution < 1.29 is 14.4 Å². The van der Waals surface area contributed by atoms with Gasteiger partial charge in [-0.05, 0) is 31.0 Å². The van der Waals surface area contributed by atoms with E-state index in [0.717, 1.165) is 23.0 Å². The van der Waals surface area contributed by atoms with Crippen molar-refractivity contribution in [2.45, 2.75) is 25.8 Å². The molecule has 2 aliphatic rings. The predicted molar refractivity (Wildman–Crippen MR) is 143 cm³/mol. The number of anilines is 1. The highest BCUT2D eigenvalue weighted by atomic mass is 32.2. The summed E-state index contributed by atoms with van der Waals surface area (Å²) in [6, 6.07) is 18.1. The smallest absolute Gasteiger partial charge is 0.259 e. The number of aromatic amines is 1. The van der Waals surface area contributed by atoms with Gasteiger partial charge in [0.2, 0.25) is 11.8 Å². The Balaban J connectivity index is 1.25. The molecule has 10 nitrogen and oxygen atoms in total. The summed E-state index contributed by atoms with van der Waals surface area (Å²) in [5, 5.41) is 12.7. The van der Waals surface area contributed by atoms with E-state index in [2.05, 4.69) is 30.8 Å². The van der Waals surface area contributed by atoms with Crippen LogP contribution >= 0.6 is 11.8 Å². The van der Waals surface area contributed by atoms with Gasteiger partial charge in [-0.1, -0.05) is 54.2 Å². The number of nitrogens with zero attached hydrogens (tertiary/aromatic N) is 4. The maximum Gasteiger partial charge on any atom is 0.259 e. The van der Waals surface area contributed by atoms with E-state index in [1.807, 2.05) is 61.5 Å². The highest BCUT2D eigenvalue weighted by molar-refractivity contribution is 8.14. The lowest BCUT2D eigenvalue weighted by Gasteiger charge is -2.25. The molecule has 0 fully saturated rings. The minimum Gasteiger partial charge on any atom is -0.356 e. The summed E-state index contributed by atoms with van der Waals surface area (Å²) in [6.07, 6.45) is 0.638. The van der Waals surface area contributed by atoms with Gasteiger partial charge in [0.05, 0.1) is 17.9 Å². The molecule has 3 amide bonds. The van der Waals surface area contributed by atoms with Crippen molar-refractivity contribution in [1.82, 2.24) is 20.4 Å². The van der Waals surface area contributed by atoms with Gasteiger partial charge in [-0.25, -0.2) is 9.89 Å². The number of thioether (sulfide) groups is 1. The second kappa shape index (κ2) is 10.8. The molecule has 2 aromatic carbocycles. The summed E-state index contributed by atoms with van der Waals surface area (Å²) in [5.74, 6) is 0.0380. The molecule has 0 bridgehead atoms. The van der Waals surface area contributed by atoms with Crippen LogP contribution in [0.1, 0.15) is 23.2 Å².